The second-order valence-electron chi connectivity index (χ2n) is 5.37. The quantitative estimate of drug-likeness (QED) is 0.899. The number of nitriles is 1. The number of hydrogen-bond donors (Lipinski definition) is 1. The number of aliphatic hydroxyl groups excluding tert-OH is 1. The number of rotatable bonds is 5. The zero-order valence-electron chi connectivity index (χ0n) is 12.1. The first-order chi connectivity index (χ1) is 10.0. The number of aryl methyl sites for hydroxylation is 1. The summed E-state index contributed by atoms with van der Waals surface area (Å²) in [6, 6.07) is 6.64. The molecule has 1 aliphatic heterocycles. The van der Waals surface area contributed by atoms with Gasteiger partial charge in [0.2, 0.25) is 10.0 Å². The molecule has 0 aliphatic carbocycles. The number of sulfonamides is 1. The summed E-state index contributed by atoms with van der Waals surface area (Å²) in [5.41, 5.74) is 1.16. The van der Waals surface area contributed by atoms with Gasteiger partial charge in [0.25, 0.3) is 0 Å². The minimum Gasteiger partial charge on any atom is -0.396 e. The lowest BCUT2D eigenvalue weighted by Gasteiger charge is -2.24. The molecule has 0 amide bonds. The van der Waals surface area contributed by atoms with Gasteiger partial charge in [-0.25, -0.2) is 8.42 Å². The molecule has 1 saturated heterocycles. The van der Waals surface area contributed by atoms with Gasteiger partial charge in [0, 0.05) is 19.2 Å². The van der Waals surface area contributed by atoms with Gasteiger partial charge < -0.3 is 5.11 Å². The molecule has 5 nitrogen and oxygen atoms in total. The van der Waals surface area contributed by atoms with Crippen LogP contribution in [0, 0.1) is 18.3 Å². The SMILES string of the molecule is Cc1cc(S(=O)(=O)N2CCCC2CCCO)ccc1C#N. The van der Waals surface area contributed by atoms with Crippen LogP contribution in [-0.2, 0) is 10.0 Å². The number of nitrogens with zero attached hydrogens (tertiary/aromatic N) is 2. The predicted molar refractivity (Wildman–Crippen MR) is 79.1 cm³/mol. The van der Waals surface area contributed by atoms with Crippen LogP contribution >= 0.6 is 0 Å². The standard InChI is InChI=1S/C15H20N2O3S/c1-12-10-15(7-6-13(12)11-16)21(19,20)17-8-2-4-14(17)5-3-9-18/h6-7,10,14,18H,2-5,8-9H2,1H3. The van der Waals surface area contributed by atoms with Crippen molar-refractivity contribution >= 4 is 10.0 Å². The Kier molecular flexibility index (Phi) is 4.99. The van der Waals surface area contributed by atoms with Crippen molar-refractivity contribution in [2.75, 3.05) is 13.2 Å². The third-order valence-electron chi connectivity index (χ3n) is 3.94. The summed E-state index contributed by atoms with van der Waals surface area (Å²) in [4.78, 5) is 0.245. The normalized spacial score (nSPS) is 19.6. The van der Waals surface area contributed by atoms with Crippen molar-refractivity contribution in [1.29, 1.82) is 5.26 Å². The molecular formula is C15H20N2O3S. The minimum absolute atomic E-state index is 0.0295. The van der Waals surface area contributed by atoms with Crippen molar-refractivity contribution in [3.05, 3.63) is 29.3 Å². The van der Waals surface area contributed by atoms with Crippen molar-refractivity contribution in [2.45, 2.75) is 43.5 Å². The zero-order valence-corrected chi connectivity index (χ0v) is 12.9. The smallest absolute Gasteiger partial charge is 0.243 e. The molecule has 1 aliphatic rings. The second kappa shape index (κ2) is 6.56. The second-order valence-corrected chi connectivity index (χ2v) is 7.26. The molecule has 1 N–H and O–H groups in total. The van der Waals surface area contributed by atoms with E-state index in [1.54, 1.807) is 23.4 Å². The van der Waals surface area contributed by atoms with Crippen molar-refractivity contribution < 1.29 is 13.5 Å². The summed E-state index contributed by atoms with van der Waals surface area (Å²) >= 11 is 0. The van der Waals surface area contributed by atoms with E-state index >= 15 is 0 Å². The molecule has 0 spiro atoms. The van der Waals surface area contributed by atoms with E-state index < -0.39 is 10.0 Å². The van der Waals surface area contributed by atoms with E-state index in [1.807, 2.05) is 6.07 Å². The first-order valence-electron chi connectivity index (χ1n) is 7.14. The van der Waals surface area contributed by atoms with Crippen LogP contribution in [0.2, 0.25) is 0 Å². The maximum absolute atomic E-state index is 12.7. The fourth-order valence-corrected chi connectivity index (χ4v) is 4.61. The van der Waals surface area contributed by atoms with Crippen LogP contribution in [0.5, 0.6) is 0 Å². The van der Waals surface area contributed by atoms with Gasteiger partial charge in [0.15, 0.2) is 0 Å². The summed E-state index contributed by atoms with van der Waals surface area (Å²) in [5, 5.41) is 17.9. The van der Waals surface area contributed by atoms with Gasteiger partial charge in [0.05, 0.1) is 16.5 Å². The number of aliphatic hydroxyl groups is 1. The molecule has 1 unspecified atom stereocenters. The Morgan fingerprint density at radius 3 is 2.86 bits per heavy atom. The van der Waals surface area contributed by atoms with Crippen molar-refractivity contribution in [1.82, 2.24) is 4.31 Å². The van der Waals surface area contributed by atoms with Gasteiger partial charge in [-0.2, -0.15) is 9.57 Å². The van der Waals surface area contributed by atoms with Crippen LogP contribution in [0.1, 0.15) is 36.8 Å². The number of hydrogen-bond acceptors (Lipinski definition) is 4. The Hall–Kier alpha value is -1.42. The van der Waals surface area contributed by atoms with Gasteiger partial charge in [-0.15, -0.1) is 0 Å². The van der Waals surface area contributed by atoms with E-state index in [0.29, 0.717) is 30.5 Å². The van der Waals surface area contributed by atoms with E-state index in [-0.39, 0.29) is 17.5 Å². The molecule has 1 aromatic carbocycles. The lowest BCUT2D eigenvalue weighted by molar-refractivity contribution is 0.264. The molecular weight excluding hydrogens is 288 g/mol. The highest BCUT2D eigenvalue weighted by Crippen LogP contribution is 2.29. The lowest BCUT2D eigenvalue weighted by atomic mass is 10.1. The fraction of sp³-hybridized carbons (Fsp3) is 0.533. The third kappa shape index (κ3) is 3.26. The van der Waals surface area contributed by atoms with Crippen LogP contribution in [0.15, 0.2) is 23.1 Å². The van der Waals surface area contributed by atoms with Crippen molar-refractivity contribution in [3.63, 3.8) is 0 Å². The van der Waals surface area contributed by atoms with E-state index in [9.17, 15) is 8.42 Å². The topological polar surface area (TPSA) is 81.4 Å². The molecule has 2 rings (SSSR count). The van der Waals surface area contributed by atoms with Gasteiger partial charge >= 0.3 is 0 Å². The average Bonchev–Trinajstić information content (AvgIpc) is 2.94. The van der Waals surface area contributed by atoms with E-state index in [1.165, 1.54) is 6.07 Å². The third-order valence-corrected chi connectivity index (χ3v) is 5.89. The molecule has 0 radical (unpaired) electrons. The summed E-state index contributed by atoms with van der Waals surface area (Å²) < 4.78 is 27.0. The van der Waals surface area contributed by atoms with Crippen molar-refractivity contribution in [3.8, 4) is 6.07 Å². The van der Waals surface area contributed by atoms with Crippen LogP contribution in [-0.4, -0.2) is 37.0 Å². The summed E-state index contributed by atoms with van der Waals surface area (Å²) in [6.07, 6.45) is 2.99. The summed E-state index contributed by atoms with van der Waals surface area (Å²) in [5.74, 6) is 0. The molecule has 0 aromatic heterocycles. The van der Waals surface area contributed by atoms with Crippen LogP contribution in [0.25, 0.3) is 0 Å². The molecule has 1 fully saturated rings. The minimum atomic E-state index is -3.52. The molecule has 0 saturated carbocycles. The highest BCUT2D eigenvalue weighted by atomic mass is 32.2. The van der Waals surface area contributed by atoms with Crippen molar-refractivity contribution in [2.24, 2.45) is 0 Å². The molecule has 114 valence electrons. The molecule has 1 atom stereocenters. The van der Waals surface area contributed by atoms with Crippen LogP contribution in [0.3, 0.4) is 0 Å². The molecule has 6 heteroatoms. The lowest BCUT2D eigenvalue weighted by Crippen LogP contribution is -2.35. The predicted octanol–water partition coefficient (Wildman–Crippen LogP) is 1.79. The average molecular weight is 308 g/mol. The summed E-state index contributed by atoms with van der Waals surface area (Å²) in [7, 11) is -3.52. The zero-order chi connectivity index (χ0) is 15.5. The molecule has 21 heavy (non-hydrogen) atoms. The van der Waals surface area contributed by atoms with E-state index in [4.69, 9.17) is 10.4 Å². The Bertz CT molecular complexity index is 649. The Morgan fingerprint density at radius 1 is 1.48 bits per heavy atom. The fourth-order valence-electron chi connectivity index (χ4n) is 2.80. The Morgan fingerprint density at radius 2 is 2.24 bits per heavy atom. The Balaban J connectivity index is 2.29. The van der Waals surface area contributed by atoms with Gasteiger partial charge in [-0.3, -0.25) is 0 Å². The molecule has 0 bridgehead atoms. The first-order valence-corrected chi connectivity index (χ1v) is 8.58. The Labute approximate surface area is 125 Å². The van der Waals surface area contributed by atoms with Gasteiger partial charge in [0.1, 0.15) is 0 Å². The highest BCUT2D eigenvalue weighted by molar-refractivity contribution is 7.89. The highest BCUT2D eigenvalue weighted by Gasteiger charge is 2.34. The van der Waals surface area contributed by atoms with E-state index in [2.05, 4.69) is 0 Å². The molecule has 1 aromatic rings. The molecule has 1 heterocycles. The van der Waals surface area contributed by atoms with Crippen LogP contribution in [0.4, 0.5) is 0 Å². The largest absolute Gasteiger partial charge is 0.396 e. The van der Waals surface area contributed by atoms with Gasteiger partial charge in [-0.05, 0) is 56.4 Å². The number of benzene rings is 1. The van der Waals surface area contributed by atoms with Gasteiger partial charge in [-0.1, -0.05) is 0 Å². The maximum Gasteiger partial charge on any atom is 0.243 e. The summed E-state index contributed by atoms with van der Waals surface area (Å²) in [6.45, 7) is 2.35. The first kappa shape index (κ1) is 16.0. The van der Waals surface area contributed by atoms with E-state index in [0.717, 1.165) is 12.8 Å². The van der Waals surface area contributed by atoms with Crippen LogP contribution < -0.4 is 0 Å². The monoisotopic (exact) mass is 308 g/mol. The maximum atomic E-state index is 12.7.